The van der Waals surface area contributed by atoms with Gasteiger partial charge >= 0.3 is 0 Å². The molecule has 0 spiro atoms. The Morgan fingerprint density at radius 1 is 1.26 bits per heavy atom. The predicted molar refractivity (Wildman–Crippen MR) is 136 cm³/mol. The van der Waals surface area contributed by atoms with E-state index in [4.69, 9.17) is 16.2 Å². The molecule has 31 heavy (non-hydrogen) atoms. The summed E-state index contributed by atoms with van der Waals surface area (Å²) in [6, 6.07) is 8.24. The maximum Gasteiger partial charge on any atom is 0.225 e. The van der Waals surface area contributed by atoms with Crippen molar-refractivity contribution in [1.29, 1.82) is 0 Å². The summed E-state index contributed by atoms with van der Waals surface area (Å²) in [5.74, 6) is 4.69. The van der Waals surface area contributed by atoms with Gasteiger partial charge in [0.1, 0.15) is 12.4 Å². The zero-order chi connectivity index (χ0) is 21.2. The molecule has 0 bridgehead atoms. The number of carbonyl (C=O) groups excluding carboxylic acids is 1. The molecule has 1 saturated heterocycles. The second-order valence-corrected chi connectivity index (χ2v) is 8.04. The molecule has 0 radical (unpaired) electrons. The molecule has 1 amide bonds. The molecule has 1 saturated carbocycles. The molecule has 2 N–H and O–H groups in total. The number of amides is 1. The van der Waals surface area contributed by atoms with Crippen LogP contribution < -0.4 is 15.4 Å². The van der Waals surface area contributed by atoms with Gasteiger partial charge in [-0.1, -0.05) is 30.9 Å². The molecule has 6 nitrogen and oxygen atoms in total. The summed E-state index contributed by atoms with van der Waals surface area (Å²) >= 11 is 0. The zero-order valence-corrected chi connectivity index (χ0v) is 20.8. The van der Waals surface area contributed by atoms with Gasteiger partial charge in [-0.05, 0) is 50.3 Å². The fourth-order valence-corrected chi connectivity index (χ4v) is 4.20. The number of nitrogens with one attached hydrogen (secondary N) is 2. The number of aliphatic imine (C=N–C) groups is 1. The van der Waals surface area contributed by atoms with Crippen molar-refractivity contribution in [2.24, 2.45) is 10.9 Å². The number of carbonyl (C=O) groups is 1. The molecule has 3 rings (SSSR count). The molecule has 1 atom stereocenters. The van der Waals surface area contributed by atoms with E-state index in [2.05, 4.69) is 23.5 Å². The Kier molecular flexibility index (Phi) is 11.0. The van der Waals surface area contributed by atoms with Crippen LogP contribution >= 0.6 is 24.0 Å². The van der Waals surface area contributed by atoms with Crippen LogP contribution in [0.3, 0.4) is 0 Å². The molecular formula is C24H35IN4O2. The number of hydrogen-bond donors (Lipinski definition) is 2. The van der Waals surface area contributed by atoms with Crippen LogP contribution in [0.5, 0.6) is 5.75 Å². The van der Waals surface area contributed by atoms with E-state index in [-0.39, 0.29) is 42.5 Å². The van der Waals surface area contributed by atoms with Crippen LogP contribution in [0.25, 0.3) is 0 Å². The van der Waals surface area contributed by atoms with Crippen molar-refractivity contribution >= 4 is 35.8 Å². The third-order valence-corrected chi connectivity index (χ3v) is 5.81. The highest BCUT2D eigenvalue weighted by Crippen LogP contribution is 2.27. The quantitative estimate of drug-likeness (QED) is 0.231. The van der Waals surface area contributed by atoms with Gasteiger partial charge in [0.15, 0.2) is 5.96 Å². The molecule has 1 aliphatic heterocycles. The monoisotopic (exact) mass is 538 g/mol. The number of ether oxygens (including phenoxy) is 1. The van der Waals surface area contributed by atoms with Crippen LogP contribution in [-0.2, 0) is 11.2 Å². The molecule has 2 fully saturated rings. The molecule has 2 aliphatic rings. The first kappa shape index (κ1) is 25.3. The molecule has 170 valence electrons. The average molecular weight is 538 g/mol. The van der Waals surface area contributed by atoms with Crippen molar-refractivity contribution in [1.82, 2.24) is 15.5 Å². The number of rotatable bonds is 8. The average Bonchev–Trinajstić information content (AvgIpc) is 3.45. The Labute approximate surface area is 203 Å². The number of halogens is 1. The molecule has 7 heteroatoms. The first-order valence-corrected chi connectivity index (χ1v) is 11.2. The van der Waals surface area contributed by atoms with Crippen molar-refractivity contribution in [2.45, 2.75) is 51.5 Å². The minimum Gasteiger partial charge on any atom is -0.481 e. The minimum atomic E-state index is 0. The number of hydrogen-bond acceptors (Lipinski definition) is 3. The van der Waals surface area contributed by atoms with E-state index in [9.17, 15) is 4.79 Å². The Bertz CT molecular complexity index is 754. The van der Waals surface area contributed by atoms with Crippen molar-refractivity contribution in [3.63, 3.8) is 0 Å². The fraction of sp³-hybridized carbons (Fsp3) is 0.583. The first-order valence-electron chi connectivity index (χ1n) is 11.2. The van der Waals surface area contributed by atoms with Gasteiger partial charge in [0.25, 0.3) is 0 Å². The number of terminal acetylenes is 1. The highest BCUT2D eigenvalue weighted by atomic mass is 127. The van der Waals surface area contributed by atoms with Crippen LogP contribution in [-0.4, -0.2) is 55.6 Å². The third kappa shape index (κ3) is 7.91. The maximum atomic E-state index is 12.6. The van der Waals surface area contributed by atoms with Crippen molar-refractivity contribution < 1.29 is 9.53 Å². The molecule has 1 heterocycles. The molecule has 1 aliphatic carbocycles. The summed E-state index contributed by atoms with van der Waals surface area (Å²) < 4.78 is 5.41. The first-order chi connectivity index (χ1) is 14.7. The Balaban J connectivity index is 0.00000341. The molecule has 1 aromatic carbocycles. The Morgan fingerprint density at radius 3 is 2.68 bits per heavy atom. The van der Waals surface area contributed by atoms with E-state index >= 15 is 0 Å². The minimum absolute atomic E-state index is 0. The van der Waals surface area contributed by atoms with Crippen LogP contribution in [0.1, 0.15) is 44.6 Å². The van der Waals surface area contributed by atoms with E-state index in [0.717, 1.165) is 57.0 Å². The van der Waals surface area contributed by atoms with Gasteiger partial charge < -0.3 is 20.3 Å². The Morgan fingerprint density at radius 2 is 2.00 bits per heavy atom. The van der Waals surface area contributed by atoms with Gasteiger partial charge in [-0.25, -0.2) is 0 Å². The van der Waals surface area contributed by atoms with Gasteiger partial charge in [-0.15, -0.1) is 30.4 Å². The summed E-state index contributed by atoms with van der Waals surface area (Å²) in [5.41, 5.74) is 1.21. The van der Waals surface area contributed by atoms with Gasteiger partial charge in [0, 0.05) is 38.1 Å². The number of likely N-dealkylation sites (tertiary alicyclic amines) is 1. The van der Waals surface area contributed by atoms with Crippen molar-refractivity contribution in [3.05, 3.63) is 29.8 Å². The zero-order valence-electron chi connectivity index (χ0n) is 18.4. The number of benzene rings is 1. The summed E-state index contributed by atoms with van der Waals surface area (Å²) in [6.07, 6.45) is 11.6. The predicted octanol–water partition coefficient (Wildman–Crippen LogP) is 3.21. The van der Waals surface area contributed by atoms with E-state index in [1.807, 2.05) is 29.2 Å². The SMILES string of the molecule is C#CCOc1ccc(CCN=C(NCC)NC2CCN(C(=O)C3CCCC3)C2)cc1.I. The summed E-state index contributed by atoms with van der Waals surface area (Å²) in [4.78, 5) is 19.4. The maximum absolute atomic E-state index is 12.6. The topological polar surface area (TPSA) is 66.0 Å². The number of nitrogens with zero attached hydrogens (tertiary/aromatic N) is 2. The van der Waals surface area contributed by atoms with Gasteiger partial charge in [0.2, 0.25) is 5.91 Å². The lowest BCUT2D eigenvalue weighted by molar-refractivity contribution is -0.134. The highest BCUT2D eigenvalue weighted by Gasteiger charge is 2.32. The van der Waals surface area contributed by atoms with Crippen LogP contribution in [0.15, 0.2) is 29.3 Å². The summed E-state index contributed by atoms with van der Waals surface area (Å²) in [6.45, 7) is 5.48. The van der Waals surface area contributed by atoms with Crippen molar-refractivity contribution in [3.8, 4) is 18.1 Å². The molecule has 1 aromatic rings. The van der Waals surface area contributed by atoms with E-state index in [1.165, 1.54) is 18.4 Å². The van der Waals surface area contributed by atoms with Crippen molar-refractivity contribution in [2.75, 3.05) is 32.8 Å². The van der Waals surface area contributed by atoms with Gasteiger partial charge in [-0.3, -0.25) is 9.79 Å². The van der Waals surface area contributed by atoms with E-state index < -0.39 is 0 Å². The number of guanidine groups is 1. The Hall–Kier alpha value is -1.95. The molecule has 1 unspecified atom stereocenters. The summed E-state index contributed by atoms with van der Waals surface area (Å²) in [7, 11) is 0. The highest BCUT2D eigenvalue weighted by molar-refractivity contribution is 14.0. The van der Waals surface area contributed by atoms with Gasteiger partial charge in [-0.2, -0.15) is 0 Å². The lowest BCUT2D eigenvalue weighted by Crippen LogP contribution is -2.45. The molecule has 0 aromatic heterocycles. The lowest BCUT2D eigenvalue weighted by atomic mass is 10.1. The van der Waals surface area contributed by atoms with Gasteiger partial charge in [0.05, 0.1) is 0 Å². The largest absolute Gasteiger partial charge is 0.481 e. The van der Waals surface area contributed by atoms with E-state index in [1.54, 1.807) is 0 Å². The molecular weight excluding hydrogens is 503 g/mol. The van der Waals surface area contributed by atoms with Crippen LogP contribution in [0.4, 0.5) is 0 Å². The standard InChI is InChI=1S/C24H34N4O2.HI/c1-3-17-30-22-11-9-19(10-12-22)13-15-26-24(25-4-2)27-21-14-16-28(18-21)23(29)20-7-5-6-8-20;/h1,9-12,20-21H,4-8,13-18H2,2H3,(H2,25,26,27);1H. The summed E-state index contributed by atoms with van der Waals surface area (Å²) in [5, 5.41) is 6.84. The second-order valence-electron chi connectivity index (χ2n) is 8.04. The normalized spacial score (nSPS) is 18.9. The smallest absolute Gasteiger partial charge is 0.225 e. The second kappa shape index (κ2) is 13.5. The van der Waals surface area contributed by atoms with Crippen LogP contribution in [0.2, 0.25) is 0 Å². The third-order valence-electron chi connectivity index (χ3n) is 5.81. The fourth-order valence-electron chi connectivity index (χ4n) is 4.20. The lowest BCUT2D eigenvalue weighted by Gasteiger charge is -2.21. The van der Waals surface area contributed by atoms with E-state index in [0.29, 0.717) is 12.5 Å². The van der Waals surface area contributed by atoms with Crippen LogP contribution in [0, 0.1) is 18.3 Å².